The molecule has 29 heavy (non-hydrogen) atoms. The topological polar surface area (TPSA) is 102 Å². The molecule has 0 saturated carbocycles. The Morgan fingerprint density at radius 3 is 2.03 bits per heavy atom. The molecule has 0 unspecified atom stereocenters. The molecule has 7 nitrogen and oxygen atoms in total. The van der Waals surface area contributed by atoms with E-state index in [-0.39, 0.29) is 0 Å². The number of esters is 2. The lowest BCUT2D eigenvalue weighted by atomic mass is 9.93. The summed E-state index contributed by atoms with van der Waals surface area (Å²) in [5.74, 6) is 0.117. The summed E-state index contributed by atoms with van der Waals surface area (Å²) in [4.78, 5) is 23.2. The van der Waals surface area contributed by atoms with E-state index in [9.17, 15) is 19.8 Å². The maximum absolute atomic E-state index is 12.1. The van der Waals surface area contributed by atoms with Crippen molar-refractivity contribution in [2.24, 2.45) is 5.41 Å². The highest BCUT2D eigenvalue weighted by atomic mass is 16.5. The monoisotopic (exact) mass is 400 g/mol. The Hall–Kier alpha value is -3.16. The molecule has 0 spiro atoms. The van der Waals surface area contributed by atoms with Gasteiger partial charge < -0.3 is 24.4 Å². The molecule has 0 aliphatic carbocycles. The van der Waals surface area contributed by atoms with Gasteiger partial charge in [0.15, 0.2) is 0 Å². The van der Waals surface area contributed by atoms with Gasteiger partial charge in [0.05, 0.1) is 20.3 Å². The average Bonchev–Trinajstić information content (AvgIpc) is 2.71. The number of methoxy groups -OCH3 is 1. The van der Waals surface area contributed by atoms with Crippen molar-refractivity contribution in [2.45, 2.75) is 13.8 Å². The Kier molecular flexibility index (Phi) is 7.52. The maximum atomic E-state index is 12.1. The van der Waals surface area contributed by atoms with Crippen LogP contribution in [-0.2, 0) is 9.59 Å². The second-order valence-electron chi connectivity index (χ2n) is 6.70. The fourth-order valence-electron chi connectivity index (χ4n) is 2.28. The predicted octanol–water partition coefficient (Wildman–Crippen LogP) is 2.69. The molecule has 0 atom stereocenters. The lowest BCUT2D eigenvalue weighted by Crippen LogP contribution is -2.38. The van der Waals surface area contributed by atoms with Crippen LogP contribution in [0.2, 0.25) is 0 Å². The Labute approximate surface area is 169 Å². The fraction of sp³-hybridized carbons (Fsp3) is 0.273. The molecular formula is C22H24O7. The molecule has 2 N–H and O–H groups in total. The van der Waals surface area contributed by atoms with Crippen molar-refractivity contribution in [2.75, 3.05) is 20.3 Å². The zero-order valence-electron chi connectivity index (χ0n) is 16.5. The summed E-state index contributed by atoms with van der Waals surface area (Å²) in [6, 6.07) is 11.9. The number of hydrogen-bond acceptors (Lipinski definition) is 7. The number of rotatable bonds is 8. The molecule has 0 bridgehead atoms. The number of hydrogen-bond donors (Lipinski definition) is 2. The summed E-state index contributed by atoms with van der Waals surface area (Å²) < 4.78 is 15.5. The molecular weight excluding hydrogens is 376 g/mol. The van der Waals surface area contributed by atoms with E-state index in [1.54, 1.807) is 42.5 Å². The second-order valence-corrected chi connectivity index (χ2v) is 6.70. The van der Waals surface area contributed by atoms with Crippen LogP contribution in [0.5, 0.6) is 17.2 Å². The van der Waals surface area contributed by atoms with Gasteiger partial charge >= 0.3 is 11.9 Å². The molecule has 0 saturated heterocycles. The summed E-state index contributed by atoms with van der Waals surface area (Å²) in [5.41, 5.74) is 0.261. The number of aliphatic hydroxyl groups excluding tert-OH is 2. The molecule has 2 aromatic rings. The summed E-state index contributed by atoms with van der Waals surface area (Å²) in [7, 11) is 1.53. The minimum Gasteiger partial charge on any atom is -0.497 e. The maximum Gasteiger partial charge on any atom is 0.321 e. The Morgan fingerprint density at radius 1 is 0.897 bits per heavy atom. The predicted molar refractivity (Wildman–Crippen MR) is 108 cm³/mol. The van der Waals surface area contributed by atoms with Gasteiger partial charge in [-0.3, -0.25) is 9.59 Å². The van der Waals surface area contributed by atoms with Crippen molar-refractivity contribution >= 4 is 24.1 Å². The van der Waals surface area contributed by atoms with E-state index >= 15 is 0 Å². The Bertz CT molecular complexity index is 881. The van der Waals surface area contributed by atoms with Crippen molar-refractivity contribution in [1.29, 1.82) is 0 Å². The number of carbonyl (C=O) groups excluding carboxylic acids is 2. The van der Waals surface area contributed by atoms with E-state index in [0.29, 0.717) is 17.2 Å². The van der Waals surface area contributed by atoms with Crippen molar-refractivity contribution in [3.63, 3.8) is 0 Å². The molecule has 0 aliphatic heterocycles. The van der Waals surface area contributed by atoms with E-state index in [4.69, 9.17) is 14.2 Å². The minimum absolute atomic E-state index is 0.304. The highest BCUT2D eigenvalue weighted by Gasteiger charge is 2.34. The molecule has 0 aliphatic rings. The van der Waals surface area contributed by atoms with Crippen LogP contribution in [0.3, 0.4) is 0 Å². The molecule has 0 radical (unpaired) electrons. The number of aliphatic hydroxyl groups is 2. The van der Waals surface area contributed by atoms with Crippen LogP contribution in [0.4, 0.5) is 0 Å². The van der Waals surface area contributed by atoms with E-state index < -0.39 is 30.6 Å². The molecule has 2 rings (SSSR count). The molecule has 2 aromatic carbocycles. The van der Waals surface area contributed by atoms with Gasteiger partial charge in [0.25, 0.3) is 0 Å². The summed E-state index contributed by atoms with van der Waals surface area (Å²) >= 11 is 0. The van der Waals surface area contributed by atoms with Gasteiger partial charge in [0, 0.05) is 13.0 Å². The second kappa shape index (κ2) is 9.86. The van der Waals surface area contributed by atoms with Crippen LogP contribution in [0.15, 0.2) is 42.5 Å². The van der Waals surface area contributed by atoms with Crippen molar-refractivity contribution < 1.29 is 34.0 Å². The molecule has 0 amide bonds. The molecule has 0 aromatic heterocycles. The third-order valence-corrected chi connectivity index (χ3v) is 4.15. The van der Waals surface area contributed by atoms with Gasteiger partial charge in [-0.25, -0.2) is 0 Å². The van der Waals surface area contributed by atoms with Crippen LogP contribution in [0, 0.1) is 5.41 Å². The number of carbonyl (C=O) groups is 2. The molecule has 154 valence electrons. The first-order valence-corrected chi connectivity index (χ1v) is 8.89. The average molecular weight is 400 g/mol. The van der Waals surface area contributed by atoms with Gasteiger partial charge in [0.1, 0.15) is 22.7 Å². The van der Waals surface area contributed by atoms with Gasteiger partial charge in [-0.2, -0.15) is 0 Å². The van der Waals surface area contributed by atoms with E-state index in [1.807, 2.05) is 12.2 Å². The van der Waals surface area contributed by atoms with Crippen molar-refractivity contribution in [1.82, 2.24) is 0 Å². The molecule has 7 heteroatoms. The summed E-state index contributed by atoms with van der Waals surface area (Å²) in [6.45, 7) is 1.72. The third kappa shape index (κ3) is 6.17. The van der Waals surface area contributed by atoms with Crippen LogP contribution < -0.4 is 14.2 Å². The fourth-order valence-corrected chi connectivity index (χ4v) is 2.28. The largest absolute Gasteiger partial charge is 0.497 e. The first-order valence-electron chi connectivity index (χ1n) is 8.89. The zero-order valence-corrected chi connectivity index (χ0v) is 16.5. The SMILES string of the molecule is COc1cc(C=Cc2ccc(OC(=O)C(C)(CO)CO)cc2)cc(OC(C)=O)c1. The zero-order chi connectivity index (χ0) is 21.4. The standard InChI is InChI=1S/C22H24O7/c1-15(25)28-20-11-17(10-19(12-20)27-3)5-4-16-6-8-18(9-7-16)29-21(26)22(2,13-23)14-24/h4-12,23-24H,13-14H2,1-3H3. The summed E-state index contributed by atoms with van der Waals surface area (Å²) in [6.07, 6.45) is 3.66. The highest BCUT2D eigenvalue weighted by Crippen LogP contribution is 2.25. The highest BCUT2D eigenvalue weighted by molar-refractivity contribution is 5.79. The number of ether oxygens (including phenoxy) is 3. The van der Waals surface area contributed by atoms with E-state index in [2.05, 4.69) is 0 Å². The molecule has 0 heterocycles. The quantitative estimate of drug-likeness (QED) is 0.399. The summed E-state index contributed by atoms with van der Waals surface area (Å²) in [5, 5.41) is 18.5. The lowest BCUT2D eigenvalue weighted by Gasteiger charge is -2.21. The van der Waals surface area contributed by atoms with Crippen molar-refractivity contribution in [3.05, 3.63) is 53.6 Å². The first kappa shape index (κ1) is 22.1. The van der Waals surface area contributed by atoms with Crippen LogP contribution >= 0.6 is 0 Å². The normalized spacial score (nSPS) is 11.3. The van der Waals surface area contributed by atoms with Crippen LogP contribution in [-0.4, -0.2) is 42.5 Å². The number of benzene rings is 2. The van der Waals surface area contributed by atoms with Gasteiger partial charge in [-0.05, 0) is 42.3 Å². The van der Waals surface area contributed by atoms with Gasteiger partial charge in [0.2, 0.25) is 0 Å². The van der Waals surface area contributed by atoms with Crippen LogP contribution in [0.1, 0.15) is 25.0 Å². The Morgan fingerprint density at radius 2 is 1.48 bits per heavy atom. The lowest BCUT2D eigenvalue weighted by molar-refractivity contribution is -0.150. The van der Waals surface area contributed by atoms with Crippen LogP contribution in [0.25, 0.3) is 12.2 Å². The van der Waals surface area contributed by atoms with Crippen molar-refractivity contribution in [3.8, 4) is 17.2 Å². The smallest absolute Gasteiger partial charge is 0.321 e. The third-order valence-electron chi connectivity index (χ3n) is 4.15. The van der Waals surface area contributed by atoms with Gasteiger partial charge in [-0.1, -0.05) is 24.3 Å². The van der Waals surface area contributed by atoms with Gasteiger partial charge in [-0.15, -0.1) is 0 Å². The minimum atomic E-state index is -1.36. The van der Waals surface area contributed by atoms with E-state index in [0.717, 1.165) is 11.1 Å². The first-order chi connectivity index (χ1) is 13.8. The van der Waals surface area contributed by atoms with E-state index in [1.165, 1.54) is 21.0 Å². The Balaban J connectivity index is 2.12. The molecule has 0 fully saturated rings.